The van der Waals surface area contributed by atoms with Gasteiger partial charge in [-0.2, -0.15) is 0 Å². The molecule has 4 rings (SSSR count). The number of esters is 4. The van der Waals surface area contributed by atoms with Crippen molar-refractivity contribution in [3.63, 3.8) is 0 Å². The Morgan fingerprint density at radius 2 is 1.51 bits per heavy atom. The van der Waals surface area contributed by atoms with Gasteiger partial charge in [0.2, 0.25) is 0 Å². The standard InChI is InChI=1S/C26H36O13/c1-11(28)35-17-8-15(31)14(10-27)7-19-26(25(6,39-26)22(33)38-19)21(37-13(3)30)20-23(17,4)18(36-12(2)29)9-16(32)24(20,5)34/h7,15-21,27,31-32,34H,8-10H2,1-6H3/b14-7-/t15-,16+,17+,18+,19+,20-,21+,23+,24-,25+,26+/m1/s1. The summed E-state index contributed by atoms with van der Waals surface area (Å²) in [5.74, 6) is -4.55. The lowest BCUT2D eigenvalue weighted by Gasteiger charge is -2.59. The average Bonchev–Trinajstić information content (AvgIpc) is 3.39. The van der Waals surface area contributed by atoms with E-state index in [0.29, 0.717) is 0 Å². The summed E-state index contributed by atoms with van der Waals surface area (Å²) in [4.78, 5) is 50.1. The molecule has 1 spiro atoms. The minimum atomic E-state index is -2.10. The Morgan fingerprint density at radius 1 is 0.974 bits per heavy atom. The molecule has 39 heavy (non-hydrogen) atoms. The smallest absolute Gasteiger partial charge is 0.342 e. The van der Waals surface area contributed by atoms with E-state index in [-0.39, 0.29) is 18.4 Å². The first-order valence-corrected chi connectivity index (χ1v) is 12.8. The van der Waals surface area contributed by atoms with Gasteiger partial charge in [-0.05, 0) is 25.5 Å². The summed E-state index contributed by atoms with van der Waals surface area (Å²) < 4.78 is 28.7. The normalized spacial score (nSPS) is 48.2. The van der Waals surface area contributed by atoms with Crippen LogP contribution >= 0.6 is 0 Å². The molecule has 11 atom stereocenters. The number of ether oxygens (including phenoxy) is 5. The molecular weight excluding hydrogens is 520 g/mol. The molecule has 4 N–H and O–H groups in total. The number of fused-ring (bicyclic) bond motifs is 1. The van der Waals surface area contributed by atoms with Gasteiger partial charge in [-0.25, -0.2) is 4.79 Å². The van der Waals surface area contributed by atoms with Crippen LogP contribution in [0.15, 0.2) is 11.6 Å². The van der Waals surface area contributed by atoms with E-state index in [4.69, 9.17) is 23.7 Å². The summed E-state index contributed by atoms with van der Waals surface area (Å²) in [7, 11) is 0. The van der Waals surface area contributed by atoms with Gasteiger partial charge in [0, 0.05) is 39.5 Å². The summed E-state index contributed by atoms with van der Waals surface area (Å²) in [6, 6.07) is 0. The molecule has 2 aliphatic heterocycles. The monoisotopic (exact) mass is 556 g/mol. The van der Waals surface area contributed by atoms with Crippen molar-refractivity contribution in [1.82, 2.24) is 0 Å². The van der Waals surface area contributed by atoms with E-state index in [1.165, 1.54) is 26.8 Å². The van der Waals surface area contributed by atoms with Crippen molar-refractivity contribution in [2.24, 2.45) is 11.3 Å². The number of carbonyl (C=O) groups excluding carboxylic acids is 4. The first kappa shape index (κ1) is 29.4. The highest BCUT2D eigenvalue weighted by Gasteiger charge is 2.88. The van der Waals surface area contributed by atoms with Crippen LogP contribution in [-0.4, -0.2) is 104 Å². The van der Waals surface area contributed by atoms with Gasteiger partial charge in [0.25, 0.3) is 0 Å². The molecular formula is C26H36O13. The third-order valence-electron chi connectivity index (χ3n) is 8.97. The lowest BCUT2D eigenvalue weighted by atomic mass is 9.51. The van der Waals surface area contributed by atoms with Crippen LogP contribution in [0.5, 0.6) is 0 Å². The van der Waals surface area contributed by atoms with Gasteiger partial charge < -0.3 is 44.1 Å². The largest absolute Gasteiger partial charge is 0.462 e. The Morgan fingerprint density at radius 3 is 2.00 bits per heavy atom. The second-order valence-corrected chi connectivity index (χ2v) is 11.5. The number of aliphatic hydroxyl groups excluding tert-OH is 3. The van der Waals surface area contributed by atoms with E-state index < -0.39 is 95.2 Å². The van der Waals surface area contributed by atoms with E-state index in [2.05, 4.69) is 0 Å². The third kappa shape index (κ3) is 4.26. The second-order valence-electron chi connectivity index (χ2n) is 11.5. The van der Waals surface area contributed by atoms with E-state index >= 15 is 0 Å². The molecule has 0 unspecified atom stereocenters. The third-order valence-corrected chi connectivity index (χ3v) is 8.97. The highest BCUT2D eigenvalue weighted by atomic mass is 16.7. The molecule has 2 heterocycles. The topological polar surface area (TPSA) is 199 Å². The highest BCUT2D eigenvalue weighted by Crippen LogP contribution is 2.66. The van der Waals surface area contributed by atoms with E-state index in [1.807, 2.05) is 0 Å². The minimum absolute atomic E-state index is 0.0133. The van der Waals surface area contributed by atoms with Crippen LogP contribution in [0.4, 0.5) is 0 Å². The Hall–Kier alpha value is -2.58. The van der Waals surface area contributed by atoms with Crippen molar-refractivity contribution in [2.45, 2.75) is 108 Å². The van der Waals surface area contributed by atoms with Crippen LogP contribution < -0.4 is 0 Å². The Labute approximate surface area is 225 Å². The van der Waals surface area contributed by atoms with Crippen LogP contribution in [0.25, 0.3) is 0 Å². The van der Waals surface area contributed by atoms with Crippen LogP contribution in [0.3, 0.4) is 0 Å². The first-order chi connectivity index (χ1) is 18.0. The fraction of sp³-hybridized carbons (Fsp3) is 0.769. The second kappa shape index (κ2) is 9.51. The number of rotatable bonds is 4. The van der Waals surface area contributed by atoms with E-state index in [9.17, 15) is 39.6 Å². The van der Waals surface area contributed by atoms with Crippen LogP contribution in [-0.2, 0) is 42.9 Å². The summed E-state index contributed by atoms with van der Waals surface area (Å²) in [6.07, 6.45) is -7.70. The van der Waals surface area contributed by atoms with Crippen molar-refractivity contribution >= 4 is 23.9 Å². The molecule has 2 saturated heterocycles. The van der Waals surface area contributed by atoms with E-state index in [1.54, 1.807) is 0 Å². The molecule has 3 fully saturated rings. The van der Waals surface area contributed by atoms with Crippen LogP contribution in [0.1, 0.15) is 54.4 Å². The number of hydrogen-bond acceptors (Lipinski definition) is 13. The molecule has 13 heteroatoms. The molecule has 0 amide bonds. The number of epoxide rings is 1. The van der Waals surface area contributed by atoms with Gasteiger partial charge in [0.1, 0.15) is 18.3 Å². The molecule has 0 aromatic rings. The van der Waals surface area contributed by atoms with E-state index in [0.717, 1.165) is 20.8 Å². The molecule has 0 radical (unpaired) electrons. The van der Waals surface area contributed by atoms with Gasteiger partial charge in [-0.15, -0.1) is 0 Å². The average molecular weight is 557 g/mol. The van der Waals surface area contributed by atoms with Crippen molar-refractivity contribution in [3.05, 3.63) is 11.6 Å². The predicted octanol–water partition coefficient (Wildman–Crippen LogP) is -0.944. The maximum atomic E-state index is 13.0. The highest BCUT2D eigenvalue weighted by molar-refractivity contribution is 5.89. The van der Waals surface area contributed by atoms with Gasteiger partial charge >= 0.3 is 23.9 Å². The fourth-order valence-corrected chi connectivity index (χ4v) is 6.98. The summed E-state index contributed by atoms with van der Waals surface area (Å²) in [5, 5.41) is 44.3. The number of hydrogen-bond donors (Lipinski definition) is 4. The molecule has 13 nitrogen and oxygen atoms in total. The van der Waals surface area contributed by atoms with Crippen molar-refractivity contribution < 1.29 is 63.3 Å². The van der Waals surface area contributed by atoms with Crippen molar-refractivity contribution in [2.75, 3.05) is 6.61 Å². The van der Waals surface area contributed by atoms with Gasteiger partial charge in [-0.3, -0.25) is 14.4 Å². The summed E-state index contributed by atoms with van der Waals surface area (Å²) >= 11 is 0. The number of carbonyl (C=O) groups is 4. The molecule has 0 aromatic carbocycles. The maximum absolute atomic E-state index is 13.0. The van der Waals surface area contributed by atoms with Gasteiger partial charge in [0.05, 0.1) is 29.8 Å². The summed E-state index contributed by atoms with van der Waals surface area (Å²) in [5.41, 5.74) is -7.19. The summed E-state index contributed by atoms with van der Waals surface area (Å²) in [6.45, 7) is 6.95. The van der Waals surface area contributed by atoms with Crippen molar-refractivity contribution in [3.8, 4) is 0 Å². The molecule has 0 aromatic heterocycles. The SMILES string of the molecule is CC(=O)O[C@H]1C[C@@H](O)/C(CO)=C\[C@@H]2OC(=O)[C@]3(C)O[C@]23[C@@H](OC(C)=O)[C@H]2[C@](C)(O)[C@@H](O)C[C@H](OC(C)=O)[C@]12C. The molecule has 218 valence electrons. The molecule has 0 bridgehead atoms. The zero-order chi connectivity index (χ0) is 29.3. The molecule has 1 saturated carbocycles. The number of aliphatic hydroxyl groups is 4. The minimum Gasteiger partial charge on any atom is -0.462 e. The zero-order valence-electron chi connectivity index (χ0n) is 22.7. The molecule has 2 aliphatic carbocycles. The fourth-order valence-electron chi connectivity index (χ4n) is 6.98. The first-order valence-electron chi connectivity index (χ1n) is 12.8. The van der Waals surface area contributed by atoms with Crippen molar-refractivity contribution in [1.29, 1.82) is 0 Å². The zero-order valence-corrected chi connectivity index (χ0v) is 22.7. The lowest BCUT2D eigenvalue weighted by molar-refractivity contribution is -0.275. The molecule has 4 aliphatic rings. The predicted molar refractivity (Wildman–Crippen MR) is 127 cm³/mol. The van der Waals surface area contributed by atoms with Gasteiger partial charge in [-0.1, -0.05) is 6.92 Å². The van der Waals surface area contributed by atoms with Crippen LogP contribution in [0, 0.1) is 11.3 Å². The maximum Gasteiger partial charge on any atom is 0.342 e. The lowest BCUT2D eigenvalue weighted by Crippen LogP contribution is -2.72. The quantitative estimate of drug-likeness (QED) is 0.143. The van der Waals surface area contributed by atoms with Crippen LogP contribution in [0.2, 0.25) is 0 Å². The Balaban J connectivity index is 2.08. The Bertz CT molecular complexity index is 1100. The van der Waals surface area contributed by atoms with Gasteiger partial charge in [0.15, 0.2) is 17.3 Å². The Kier molecular flexibility index (Phi) is 7.17.